The summed E-state index contributed by atoms with van der Waals surface area (Å²) >= 11 is 0. The number of sulfonamides is 1. The summed E-state index contributed by atoms with van der Waals surface area (Å²) in [5.41, 5.74) is 0.815. The Morgan fingerprint density at radius 3 is 2.55 bits per heavy atom. The normalized spacial score (nSPS) is 17.3. The van der Waals surface area contributed by atoms with Crippen LogP contribution in [0.5, 0.6) is 11.5 Å². The molecule has 29 heavy (non-hydrogen) atoms. The van der Waals surface area contributed by atoms with E-state index in [-0.39, 0.29) is 17.0 Å². The van der Waals surface area contributed by atoms with Gasteiger partial charge in [-0.25, -0.2) is 13.1 Å². The number of rotatable bonds is 5. The number of carbonyl (C=O) groups is 1. The number of ether oxygens (including phenoxy) is 2. The summed E-state index contributed by atoms with van der Waals surface area (Å²) in [6.45, 7) is 1.97. The zero-order valence-corrected chi connectivity index (χ0v) is 17.1. The maximum atomic E-state index is 12.6. The Bertz CT molecular complexity index is 1030. The molecule has 1 fully saturated rings. The van der Waals surface area contributed by atoms with E-state index >= 15 is 0 Å². The first kappa shape index (κ1) is 19.7. The minimum absolute atomic E-state index is 0.0527. The molecule has 4 rings (SSSR count). The molecule has 1 heterocycles. The van der Waals surface area contributed by atoms with Crippen LogP contribution in [0.2, 0.25) is 0 Å². The molecule has 154 valence electrons. The van der Waals surface area contributed by atoms with E-state index in [4.69, 9.17) is 9.47 Å². The maximum Gasteiger partial charge on any atom is 0.255 e. The Hall–Kier alpha value is -2.58. The van der Waals surface area contributed by atoms with Gasteiger partial charge in [0.2, 0.25) is 10.0 Å². The number of anilines is 1. The van der Waals surface area contributed by atoms with Gasteiger partial charge < -0.3 is 14.8 Å². The van der Waals surface area contributed by atoms with Crippen LogP contribution in [-0.4, -0.2) is 26.7 Å². The molecule has 1 spiro atoms. The fourth-order valence-electron chi connectivity index (χ4n) is 3.75. The van der Waals surface area contributed by atoms with Crippen LogP contribution >= 0.6 is 0 Å². The Morgan fingerprint density at radius 1 is 1.03 bits per heavy atom. The fourth-order valence-corrected chi connectivity index (χ4v) is 4.83. The van der Waals surface area contributed by atoms with Gasteiger partial charge in [0, 0.05) is 36.7 Å². The van der Waals surface area contributed by atoms with Crippen molar-refractivity contribution < 1.29 is 22.7 Å². The smallest absolute Gasteiger partial charge is 0.255 e. The average Bonchev–Trinajstić information content (AvgIpc) is 3.05. The van der Waals surface area contributed by atoms with E-state index in [0.717, 1.165) is 25.7 Å². The Morgan fingerprint density at radius 2 is 1.79 bits per heavy atom. The van der Waals surface area contributed by atoms with Crippen LogP contribution < -0.4 is 19.5 Å². The molecular weight excluding hydrogens is 392 g/mol. The molecule has 7 nitrogen and oxygen atoms in total. The van der Waals surface area contributed by atoms with Crippen molar-refractivity contribution in [3.63, 3.8) is 0 Å². The Labute approximate surface area is 170 Å². The zero-order chi connectivity index (χ0) is 20.5. The third-order valence-corrected chi connectivity index (χ3v) is 6.69. The molecule has 0 bridgehead atoms. The molecule has 1 aliphatic carbocycles. The molecule has 1 aliphatic heterocycles. The van der Waals surface area contributed by atoms with Crippen LogP contribution in [0, 0.1) is 0 Å². The van der Waals surface area contributed by atoms with E-state index in [1.165, 1.54) is 18.6 Å². The first-order chi connectivity index (χ1) is 13.9. The van der Waals surface area contributed by atoms with Gasteiger partial charge in [-0.15, -0.1) is 0 Å². The number of nitrogens with one attached hydrogen (secondary N) is 2. The standard InChI is InChI=1S/C21H24N2O5S/c1-2-22-29(25,26)17-8-6-7-15(13-17)20(24)23-16-9-10-18-19(14-16)28-21(27-18)11-4-3-5-12-21/h6-10,13-14,22H,2-5,11-12H2,1H3,(H,23,24). The number of hydrogen-bond acceptors (Lipinski definition) is 5. The van der Waals surface area contributed by atoms with Crippen LogP contribution in [-0.2, 0) is 10.0 Å². The summed E-state index contributed by atoms with van der Waals surface area (Å²) in [6, 6.07) is 11.2. The van der Waals surface area contributed by atoms with Crippen molar-refractivity contribution in [1.82, 2.24) is 4.72 Å². The first-order valence-electron chi connectivity index (χ1n) is 9.84. The van der Waals surface area contributed by atoms with Crippen LogP contribution in [0.1, 0.15) is 49.4 Å². The van der Waals surface area contributed by atoms with Crippen LogP contribution in [0.3, 0.4) is 0 Å². The van der Waals surface area contributed by atoms with E-state index in [9.17, 15) is 13.2 Å². The summed E-state index contributed by atoms with van der Waals surface area (Å²) in [4.78, 5) is 12.7. The van der Waals surface area contributed by atoms with Crippen molar-refractivity contribution in [3.05, 3.63) is 48.0 Å². The molecule has 2 N–H and O–H groups in total. The quantitative estimate of drug-likeness (QED) is 0.776. The third-order valence-electron chi connectivity index (χ3n) is 5.15. The van der Waals surface area contributed by atoms with Crippen LogP contribution in [0.4, 0.5) is 5.69 Å². The predicted molar refractivity (Wildman–Crippen MR) is 109 cm³/mol. The summed E-state index contributed by atoms with van der Waals surface area (Å²) < 4.78 is 38.9. The van der Waals surface area contributed by atoms with E-state index in [1.807, 2.05) is 0 Å². The van der Waals surface area contributed by atoms with Crippen molar-refractivity contribution in [3.8, 4) is 11.5 Å². The lowest BCUT2D eigenvalue weighted by Gasteiger charge is -2.31. The highest BCUT2D eigenvalue weighted by Gasteiger charge is 2.42. The van der Waals surface area contributed by atoms with E-state index in [2.05, 4.69) is 10.0 Å². The second-order valence-corrected chi connectivity index (χ2v) is 9.09. The number of benzene rings is 2. The molecule has 8 heteroatoms. The number of hydrogen-bond donors (Lipinski definition) is 2. The fraction of sp³-hybridized carbons (Fsp3) is 0.381. The Kier molecular flexibility index (Phi) is 5.23. The summed E-state index contributed by atoms with van der Waals surface area (Å²) in [6.07, 6.45) is 5.05. The molecule has 0 unspecified atom stereocenters. The number of fused-ring (bicyclic) bond motifs is 1. The highest BCUT2D eigenvalue weighted by molar-refractivity contribution is 7.89. The van der Waals surface area contributed by atoms with Gasteiger partial charge in [-0.3, -0.25) is 4.79 Å². The molecule has 0 saturated heterocycles. The molecule has 0 radical (unpaired) electrons. The molecule has 2 aliphatic rings. The molecule has 1 amide bonds. The van der Waals surface area contributed by atoms with Crippen molar-refractivity contribution in [2.75, 3.05) is 11.9 Å². The SMILES string of the molecule is CCNS(=O)(=O)c1cccc(C(=O)Nc2ccc3c(c2)OC2(CCCCC2)O3)c1. The van der Waals surface area contributed by atoms with Crippen LogP contribution in [0.15, 0.2) is 47.4 Å². The molecule has 0 atom stereocenters. The summed E-state index contributed by atoms with van der Waals surface area (Å²) in [5, 5.41) is 2.80. The Balaban J connectivity index is 1.50. The second kappa shape index (κ2) is 7.68. The molecule has 0 aromatic heterocycles. The largest absolute Gasteiger partial charge is 0.448 e. The second-order valence-electron chi connectivity index (χ2n) is 7.32. The maximum absolute atomic E-state index is 12.6. The van der Waals surface area contributed by atoms with E-state index in [1.54, 1.807) is 37.3 Å². The minimum Gasteiger partial charge on any atom is -0.448 e. The van der Waals surface area contributed by atoms with Crippen LogP contribution in [0.25, 0.3) is 0 Å². The molecule has 2 aromatic rings. The molecular formula is C21H24N2O5S. The van der Waals surface area contributed by atoms with Crippen molar-refractivity contribution in [1.29, 1.82) is 0 Å². The highest BCUT2D eigenvalue weighted by Crippen LogP contribution is 2.46. The van der Waals surface area contributed by atoms with Gasteiger partial charge in [0.05, 0.1) is 4.90 Å². The monoisotopic (exact) mass is 416 g/mol. The van der Waals surface area contributed by atoms with Crippen molar-refractivity contribution in [2.45, 2.75) is 49.7 Å². The zero-order valence-electron chi connectivity index (χ0n) is 16.2. The third kappa shape index (κ3) is 4.09. The van der Waals surface area contributed by atoms with Gasteiger partial charge in [-0.2, -0.15) is 0 Å². The van der Waals surface area contributed by atoms with Gasteiger partial charge >= 0.3 is 0 Å². The first-order valence-corrected chi connectivity index (χ1v) is 11.3. The predicted octanol–water partition coefficient (Wildman–Crippen LogP) is 3.67. The van der Waals surface area contributed by atoms with Gasteiger partial charge in [0.25, 0.3) is 11.7 Å². The van der Waals surface area contributed by atoms with Crippen molar-refractivity contribution >= 4 is 21.6 Å². The summed E-state index contributed by atoms with van der Waals surface area (Å²) in [5.74, 6) is 0.333. The van der Waals surface area contributed by atoms with Crippen molar-refractivity contribution in [2.24, 2.45) is 0 Å². The molecule has 1 saturated carbocycles. The van der Waals surface area contributed by atoms with Gasteiger partial charge in [-0.1, -0.05) is 19.4 Å². The van der Waals surface area contributed by atoms with E-state index in [0.29, 0.717) is 17.2 Å². The highest BCUT2D eigenvalue weighted by atomic mass is 32.2. The van der Waals surface area contributed by atoms with Gasteiger partial charge in [-0.05, 0) is 43.2 Å². The number of carbonyl (C=O) groups excluding carboxylic acids is 1. The minimum atomic E-state index is -3.63. The lowest BCUT2D eigenvalue weighted by Crippen LogP contribution is -2.40. The lowest BCUT2D eigenvalue weighted by atomic mass is 9.94. The topological polar surface area (TPSA) is 93.7 Å². The van der Waals surface area contributed by atoms with Gasteiger partial charge in [0.15, 0.2) is 11.5 Å². The average molecular weight is 416 g/mol. The van der Waals surface area contributed by atoms with E-state index < -0.39 is 21.7 Å². The summed E-state index contributed by atoms with van der Waals surface area (Å²) in [7, 11) is -3.63. The molecule has 2 aromatic carbocycles. The lowest BCUT2D eigenvalue weighted by molar-refractivity contribution is -0.105. The number of amides is 1. The van der Waals surface area contributed by atoms with Gasteiger partial charge in [0.1, 0.15) is 0 Å².